The molecule has 3 heterocycles. The van der Waals surface area contributed by atoms with Gasteiger partial charge in [0, 0.05) is 31.6 Å². The van der Waals surface area contributed by atoms with E-state index in [9.17, 15) is 4.79 Å². The number of hydrogen-bond acceptors (Lipinski definition) is 3. The molecule has 2 aromatic heterocycles. The molecule has 0 saturated carbocycles. The summed E-state index contributed by atoms with van der Waals surface area (Å²) in [7, 11) is 0. The molecule has 2 aromatic rings. The molecule has 3 rings (SSSR count). The Morgan fingerprint density at radius 1 is 1.46 bits per heavy atom. The number of halogens is 2. The van der Waals surface area contributed by atoms with E-state index in [2.05, 4.69) is 22.5 Å². The van der Waals surface area contributed by atoms with Crippen LogP contribution in [0.1, 0.15) is 31.7 Å². The zero-order valence-electron chi connectivity index (χ0n) is 13.9. The van der Waals surface area contributed by atoms with E-state index in [4.69, 9.17) is 0 Å². The zero-order chi connectivity index (χ0) is 15.4. The number of fused-ring (bicyclic) bond motifs is 1. The van der Waals surface area contributed by atoms with Crippen molar-refractivity contribution in [2.24, 2.45) is 11.8 Å². The molecule has 134 valence electrons. The van der Waals surface area contributed by atoms with E-state index in [1.165, 1.54) is 12.8 Å². The van der Waals surface area contributed by atoms with Crippen LogP contribution in [0.5, 0.6) is 0 Å². The second kappa shape index (κ2) is 9.87. The maximum absolute atomic E-state index is 12.1. The fourth-order valence-electron chi connectivity index (χ4n) is 3.16. The van der Waals surface area contributed by atoms with Crippen LogP contribution in [0.25, 0.3) is 5.65 Å². The van der Waals surface area contributed by atoms with E-state index >= 15 is 0 Å². The van der Waals surface area contributed by atoms with Gasteiger partial charge in [-0.15, -0.1) is 24.8 Å². The molecule has 1 fully saturated rings. The van der Waals surface area contributed by atoms with Crippen LogP contribution in [0, 0.1) is 11.8 Å². The molecule has 5 nitrogen and oxygen atoms in total. The summed E-state index contributed by atoms with van der Waals surface area (Å²) in [6.45, 7) is 4.92. The van der Waals surface area contributed by atoms with Crippen molar-refractivity contribution in [2.75, 3.05) is 13.1 Å². The highest BCUT2D eigenvalue weighted by Crippen LogP contribution is 2.22. The van der Waals surface area contributed by atoms with Gasteiger partial charge in [0.15, 0.2) is 0 Å². The van der Waals surface area contributed by atoms with Crippen molar-refractivity contribution in [3.05, 3.63) is 36.3 Å². The van der Waals surface area contributed by atoms with Crippen LogP contribution >= 0.6 is 24.8 Å². The Labute approximate surface area is 155 Å². The van der Waals surface area contributed by atoms with Gasteiger partial charge in [0.2, 0.25) is 5.91 Å². The minimum absolute atomic E-state index is 0. The molecule has 2 unspecified atom stereocenters. The maximum atomic E-state index is 12.1. The highest BCUT2D eigenvalue weighted by atomic mass is 35.5. The first-order valence-electron chi connectivity index (χ1n) is 8.11. The van der Waals surface area contributed by atoms with Gasteiger partial charge in [-0.2, -0.15) is 0 Å². The summed E-state index contributed by atoms with van der Waals surface area (Å²) in [5.41, 5.74) is 1.99. The standard InChI is InChI=1S/C17H24N4O.2ClH/c1-13(15-3-2-5-18-12-15)9-17(22)20-11-14-4-7-21-8-6-19-16(21)10-14;;/h4,6-8,10,13,15,18H,2-3,5,9,11-12H2,1H3,(H,20,22);2*1H. The third-order valence-electron chi connectivity index (χ3n) is 4.60. The molecule has 1 amide bonds. The molecule has 0 spiro atoms. The first kappa shape index (κ1) is 20.7. The summed E-state index contributed by atoms with van der Waals surface area (Å²) in [6.07, 6.45) is 8.73. The van der Waals surface area contributed by atoms with Gasteiger partial charge in [-0.1, -0.05) is 6.92 Å². The Hall–Kier alpha value is -1.30. The largest absolute Gasteiger partial charge is 0.352 e. The maximum Gasteiger partial charge on any atom is 0.220 e. The van der Waals surface area contributed by atoms with Crippen LogP contribution in [0.2, 0.25) is 0 Å². The number of carbonyl (C=O) groups excluding carboxylic acids is 1. The Morgan fingerprint density at radius 3 is 3.04 bits per heavy atom. The van der Waals surface area contributed by atoms with Crippen molar-refractivity contribution < 1.29 is 4.79 Å². The second-order valence-corrected chi connectivity index (χ2v) is 6.29. The number of carbonyl (C=O) groups is 1. The SMILES string of the molecule is CC(CC(=O)NCc1ccn2ccnc2c1)C1CCCNC1.Cl.Cl. The van der Waals surface area contributed by atoms with Gasteiger partial charge in [0.1, 0.15) is 5.65 Å². The quantitative estimate of drug-likeness (QED) is 0.848. The zero-order valence-corrected chi connectivity index (χ0v) is 15.5. The van der Waals surface area contributed by atoms with Gasteiger partial charge in [0.05, 0.1) is 0 Å². The van der Waals surface area contributed by atoms with E-state index in [0.717, 1.165) is 24.3 Å². The Morgan fingerprint density at radius 2 is 2.29 bits per heavy atom. The minimum atomic E-state index is 0. The van der Waals surface area contributed by atoms with Gasteiger partial charge >= 0.3 is 0 Å². The normalized spacial score (nSPS) is 18.3. The topological polar surface area (TPSA) is 58.4 Å². The average molecular weight is 373 g/mol. The van der Waals surface area contributed by atoms with Crippen molar-refractivity contribution in [1.82, 2.24) is 20.0 Å². The fraction of sp³-hybridized carbons (Fsp3) is 0.529. The van der Waals surface area contributed by atoms with E-state index in [1.54, 1.807) is 6.20 Å². The van der Waals surface area contributed by atoms with E-state index < -0.39 is 0 Å². The average Bonchev–Trinajstić information content (AvgIpc) is 3.01. The van der Waals surface area contributed by atoms with E-state index in [-0.39, 0.29) is 30.7 Å². The molecule has 1 aliphatic rings. The van der Waals surface area contributed by atoms with Gasteiger partial charge in [-0.25, -0.2) is 4.98 Å². The summed E-state index contributed by atoms with van der Waals surface area (Å²) in [5, 5.41) is 6.45. The molecule has 1 aliphatic heterocycles. The Kier molecular flexibility index (Phi) is 8.53. The molecule has 7 heteroatoms. The van der Waals surface area contributed by atoms with Crippen molar-refractivity contribution in [1.29, 1.82) is 0 Å². The number of hydrogen-bond donors (Lipinski definition) is 2. The van der Waals surface area contributed by atoms with Crippen LogP contribution in [0.15, 0.2) is 30.7 Å². The van der Waals surface area contributed by atoms with Gasteiger partial charge in [0.25, 0.3) is 0 Å². The molecule has 0 aliphatic carbocycles. The first-order valence-corrected chi connectivity index (χ1v) is 8.11. The predicted molar refractivity (Wildman–Crippen MR) is 101 cm³/mol. The molecular formula is C17H26Cl2N4O. The molecule has 0 aromatic carbocycles. The summed E-state index contributed by atoms with van der Waals surface area (Å²) in [4.78, 5) is 16.4. The third-order valence-corrected chi connectivity index (χ3v) is 4.60. The second-order valence-electron chi connectivity index (χ2n) is 6.29. The lowest BCUT2D eigenvalue weighted by atomic mass is 9.85. The fourth-order valence-corrected chi connectivity index (χ4v) is 3.16. The van der Waals surface area contributed by atoms with E-state index in [0.29, 0.717) is 24.8 Å². The van der Waals surface area contributed by atoms with Crippen LogP contribution in [0.3, 0.4) is 0 Å². The highest BCUT2D eigenvalue weighted by molar-refractivity contribution is 5.85. The van der Waals surface area contributed by atoms with Crippen LogP contribution in [-0.2, 0) is 11.3 Å². The summed E-state index contributed by atoms with van der Waals surface area (Å²) in [6, 6.07) is 4.03. The number of aromatic nitrogens is 2. The van der Waals surface area contributed by atoms with Crippen molar-refractivity contribution in [3.63, 3.8) is 0 Å². The number of rotatable bonds is 5. The number of nitrogens with zero attached hydrogens (tertiary/aromatic N) is 2. The van der Waals surface area contributed by atoms with Crippen LogP contribution < -0.4 is 10.6 Å². The monoisotopic (exact) mass is 372 g/mol. The molecule has 0 bridgehead atoms. The lowest BCUT2D eigenvalue weighted by molar-refractivity contribution is -0.122. The lowest BCUT2D eigenvalue weighted by Gasteiger charge is -2.28. The van der Waals surface area contributed by atoms with Gasteiger partial charge in [-0.05, 0) is 55.5 Å². The first-order chi connectivity index (χ1) is 10.7. The molecule has 2 N–H and O–H groups in total. The van der Waals surface area contributed by atoms with E-state index in [1.807, 2.05) is 28.9 Å². The number of imidazole rings is 1. The van der Waals surface area contributed by atoms with Gasteiger partial charge < -0.3 is 15.0 Å². The summed E-state index contributed by atoms with van der Waals surface area (Å²) >= 11 is 0. The number of piperidine rings is 1. The highest BCUT2D eigenvalue weighted by Gasteiger charge is 2.21. The number of pyridine rings is 1. The number of amides is 1. The number of nitrogens with one attached hydrogen (secondary N) is 2. The lowest BCUT2D eigenvalue weighted by Crippen LogP contribution is -2.35. The third kappa shape index (κ3) is 5.36. The molecular weight excluding hydrogens is 347 g/mol. The van der Waals surface area contributed by atoms with Crippen molar-refractivity contribution in [3.8, 4) is 0 Å². The predicted octanol–water partition coefficient (Wildman–Crippen LogP) is 2.82. The van der Waals surface area contributed by atoms with Gasteiger partial charge in [-0.3, -0.25) is 4.79 Å². The molecule has 1 saturated heterocycles. The molecule has 24 heavy (non-hydrogen) atoms. The smallest absolute Gasteiger partial charge is 0.220 e. The van der Waals surface area contributed by atoms with Crippen molar-refractivity contribution >= 4 is 36.4 Å². The Bertz CT molecular complexity index is 640. The van der Waals surface area contributed by atoms with Crippen LogP contribution in [-0.4, -0.2) is 28.4 Å². The molecule has 2 atom stereocenters. The van der Waals surface area contributed by atoms with Crippen LogP contribution in [0.4, 0.5) is 0 Å². The summed E-state index contributed by atoms with van der Waals surface area (Å²) < 4.78 is 1.96. The Balaban J connectivity index is 0.00000144. The summed E-state index contributed by atoms with van der Waals surface area (Å²) in [5.74, 6) is 1.20. The van der Waals surface area contributed by atoms with Crippen molar-refractivity contribution in [2.45, 2.75) is 32.7 Å². The molecule has 0 radical (unpaired) electrons. The minimum Gasteiger partial charge on any atom is -0.352 e.